The van der Waals surface area contributed by atoms with Gasteiger partial charge in [0.1, 0.15) is 5.82 Å². The summed E-state index contributed by atoms with van der Waals surface area (Å²) in [6.07, 6.45) is 3.69. The maximum absolute atomic E-state index is 13.3. The predicted octanol–water partition coefficient (Wildman–Crippen LogP) is 4.05. The van der Waals surface area contributed by atoms with Crippen LogP contribution in [0.2, 0.25) is 0 Å². The van der Waals surface area contributed by atoms with E-state index in [9.17, 15) is 4.39 Å². The number of aromatic nitrogens is 1. The largest absolute Gasteiger partial charge is 0.309 e. The van der Waals surface area contributed by atoms with Crippen LogP contribution in [0.5, 0.6) is 0 Å². The second kappa shape index (κ2) is 5.31. The number of hydrogen-bond donors (Lipinski definition) is 1. The SMILES string of the molecule is CNC(c1cc2ccc(F)cc2s1)c1cnccc1C. The number of halogens is 1. The van der Waals surface area contributed by atoms with Gasteiger partial charge in [0.2, 0.25) is 0 Å². The normalized spacial score (nSPS) is 12.8. The van der Waals surface area contributed by atoms with Crippen molar-refractivity contribution in [1.29, 1.82) is 0 Å². The summed E-state index contributed by atoms with van der Waals surface area (Å²) in [6, 6.07) is 9.13. The van der Waals surface area contributed by atoms with Gasteiger partial charge in [0.15, 0.2) is 0 Å². The molecule has 2 aromatic heterocycles. The summed E-state index contributed by atoms with van der Waals surface area (Å²) in [6.45, 7) is 2.08. The van der Waals surface area contributed by atoms with Gasteiger partial charge in [-0.15, -0.1) is 11.3 Å². The van der Waals surface area contributed by atoms with Crippen LogP contribution in [0.25, 0.3) is 10.1 Å². The molecule has 0 aliphatic carbocycles. The summed E-state index contributed by atoms with van der Waals surface area (Å²) >= 11 is 1.62. The first-order chi connectivity index (χ1) is 9.69. The quantitative estimate of drug-likeness (QED) is 0.785. The summed E-state index contributed by atoms with van der Waals surface area (Å²) in [4.78, 5) is 5.38. The molecule has 0 aliphatic heterocycles. The lowest BCUT2D eigenvalue weighted by molar-refractivity contribution is 0.630. The molecule has 0 amide bonds. The topological polar surface area (TPSA) is 24.9 Å². The van der Waals surface area contributed by atoms with Gasteiger partial charge in [-0.25, -0.2) is 4.39 Å². The number of nitrogens with one attached hydrogen (secondary N) is 1. The zero-order valence-electron chi connectivity index (χ0n) is 11.4. The Labute approximate surface area is 121 Å². The van der Waals surface area contributed by atoms with Gasteiger partial charge in [-0.1, -0.05) is 6.07 Å². The van der Waals surface area contributed by atoms with Gasteiger partial charge in [0, 0.05) is 22.0 Å². The van der Waals surface area contributed by atoms with Gasteiger partial charge in [0.25, 0.3) is 0 Å². The Morgan fingerprint density at radius 2 is 2.10 bits per heavy atom. The molecule has 0 saturated heterocycles. The standard InChI is InChI=1S/C16H15FN2S/c1-10-5-6-19-9-13(10)16(18-2)15-7-11-3-4-12(17)8-14(11)20-15/h3-9,16,18H,1-2H3. The number of rotatable bonds is 3. The molecule has 1 aromatic carbocycles. The van der Waals surface area contributed by atoms with Gasteiger partial charge in [-0.05, 0) is 54.8 Å². The lowest BCUT2D eigenvalue weighted by atomic mass is 10.0. The average Bonchev–Trinajstić information content (AvgIpc) is 2.84. The smallest absolute Gasteiger partial charge is 0.124 e. The van der Waals surface area contributed by atoms with Crippen molar-refractivity contribution in [2.24, 2.45) is 0 Å². The van der Waals surface area contributed by atoms with E-state index < -0.39 is 0 Å². The van der Waals surface area contributed by atoms with Crippen LogP contribution in [0.15, 0.2) is 42.7 Å². The van der Waals surface area contributed by atoms with Crippen molar-refractivity contribution < 1.29 is 4.39 Å². The molecule has 20 heavy (non-hydrogen) atoms. The number of aryl methyl sites for hydroxylation is 1. The molecule has 2 heterocycles. The van der Waals surface area contributed by atoms with E-state index in [0.717, 1.165) is 15.6 Å². The fourth-order valence-corrected chi connectivity index (χ4v) is 3.62. The molecule has 0 spiro atoms. The van der Waals surface area contributed by atoms with Gasteiger partial charge < -0.3 is 5.32 Å². The van der Waals surface area contributed by atoms with Crippen LogP contribution in [0, 0.1) is 12.7 Å². The van der Waals surface area contributed by atoms with E-state index in [1.165, 1.54) is 16.5 Å². The lowest BCUT2D eigenvalue weighted by Crippen LogP contribution is -2.17. The highest BCUT2D eigenvalue weighted by Gasteiger charge is 2.17. The number of benzene rings is 1. The highest BCUT2D eigenvalue weighted by atomic mass is 32.1. The minimum atomic E-state index is -0.190. The second-order valence-corrected chi connectivity index (χ2v) is 5.90. The Morgan fingerprint density at radius 1 is 1.25 bits per heavy atom. The van der Waals surface area contributed by atoms with E-state index >= 15 is 0 Å². The molecule has 0 aliphatic rings. The minimum Gasteiger partial charge on any atom is -0.309 e. The van der Waals surface area contributed by atoms with Crippen LogP contribution in [-0.4, -0.2) is 12.0 Å². The van der Waals surface area contributed by atoms with Crippen molar-refractivity contribution in [3.05, 3.63) is 64.5 Å². The molecule has 4 heteroatoms. The zero-order chi connectivity index (χ0) is 14.1. The van der Waals surface area contributed by atoms with E-state index in [0.29, 0.717) is 0 Å². The molecule has 2 nitrogen and oxygen atoms in total. The highest BCUT2D eigenvalue weighted by molar-refractivity contribution is 7.19. The van der Waals surface area contributed by atoms with Crippen LogP contribution in [-0.2, 0) is 0 Å². The monoisotopic (exact) mass is 286 g/mol. The van der Waals surface area contributed by atoms with Crippen molar-refractivity contribution in [1.82, 2.24) is 10.3 Å². The van der Waals surface area contributed by atoms with Crippen molar-refractivity contribution in [3.8, 4) is 0 Å². The molecule has 0 bridgehead atoms. The fourth-order valence-electron chi connectivity index (χ4n) is 2.40. The molecule has 102 valence electrons. The third kappa shape index (κ3) is 2.32. The van der Waals surface area contributed by atoms with Crippen molar-refractivity contribution in [2.75, 3.05) is 7.05 Å². The van der Waals surface area contributed by atoms with Gasteiger partial charge in [-0.2, -0.15) is 0 Å². The zero-order valence-corrected chi connectivity index (χ0v) is 12.2. The first kappa shape index (κ1) is 13.2. The molecule has 0 fully saturated rings. The summed E-state index contributed by atoms with van der Waals surface area (Å²) in [7, 11) is 1.93. The third-order valence-corrected chi connectivity index (χ3v) is 4.63. The number of thiophene rings is 1. The maximum Gasteiger partial charge on any atom is 0.124 e. The van der Waals surface area contributed by atoms with Crippen molar-refractivity contribution >= 4 is 21.4 Å². The van der Waals surface area contributed by atoms with Gasteiger partial charge in [-0.3, -0.25) is 4.98 Å². The van der Waals surface area contributed by atoms with Crippen LogP contribution in [0.4, 0.5) is 4.39 Å². The lowest BCUT2D eigenvalue weighted by Gasteiger charge is -2.16. The van der Waals surface area contributed by atoms with E-state index in [2.05, 4.69) is 23.3 Å². The maximum atomic E-state index is 13.3. The summed E-state index contributed by atoms with van der Waals surface area (Å²) < 4.78 is 14.3. The Morgan fingerprint density at radius 3 is 2.85 bits per heavy atom. The minimum absolute atomic E-state index is 0.0872. The molecule has 1 N–H and O–H groups in total. The number of nitrogens with zero attached hydrogens (tertiary/aromatic N) is 1. The number of fused-ring (bicyclic) bond motifs is 1. The first-order valence-corrected chi connectivity index (χ1v) is 7.27. The molecule has 0 saturated carbocycles. The van der Waals surface area contributed by atoms with Crippen molar-refractivity contribution in [2.45, 2.75) is 13.0 Å². The van der Waals surface area contributed by atoms with Crippen molar-refractivity contribution in [3.63, 3.8) is 0 Å². The Balaban J connectivity index is 2.10. The van der Waals surface area contributed by atoms with Crippen LogP contribution < -0.4 is 5.32 Å². The highest BCUT2D eigenvalue weighted by Crippen LogP contribution is 2.34. The summed E-state index contributed by atoms with van der Waals surface area (Å²) in [5.74, 6) is -0.190. The molecule has 3 rings (SSSR count). The fraction of sp³-hybridized carbons (Fsp3) is 0.188. The summed E-state index contributed by atoms with van der Waals surface area (Å²) in [5, 5.41) is 4.40. The number of pyridine rings is 1. The van der Waals surface area contributed by atoms with Crippen LogP contribution >= 0.6 is 11.3 Å². The Hall–Kier alpha value is -1.78. The molecule has 3 aromatic rings. The number of hydrogen-bond acceptors (Lipinski definition) is 3. The Bertz CT molecular complexity index is 751. The Kier molecular flexibility index (Phi) is 3.51. The van der Waals surface area contributed by atoms with E-state index in [-0.39, 0.29) is 11.9 Å². The molecule has 0 radical (unpaired) electrons. The van der Waals surface area contributed by atoms with E-state index in [1.807, 2.05) is 25.4 Å². The predicted molar refractivity (Wildman–Crippen MR) is 81.7 cm³/mol. The van der Waals surface area contributed by atoms with E-state index in [1.54, 1.807) is 23.6 Å². The first-order valence-electron chi connectivity index (χ1n) is 6.46. The molecule has 1 unspecified atom stereocenters. The van der Waals surface area contributed by atoms with Crippen LogP contribution in [0.3, 0.4) is 0 Å². The molecular formula is C16H15FN2S. The molecule has 1 atom stereocenters. The second-order valence-electron chi connectivity index (χ2n) is 4.78. The summed E-state index contributed by atoms with van der Waals surface area (Å²) in [5.41, 5.74) is 2.35. The average molecular weight is 286 g/mol. The van der Waals surface area contributed by atoms with E-state index in [4.69, 9.17) is 0 Å². The van der Waals surface area contributed by atoms with Crippen LogP contribution in [0.1, 0.15) is 22.0 Å². The van der Waals surface area contributed by atoms with Gasteiger partial charge in [0.05, 0.1) is 6.04 Å². The molecular weight excluding hydrogens is 271 g/mol. The third-order valence-electron chi connectivity index (χ3n) is 3.46. The van der Waals surface area contributed by atoms with Gasteiger partial charge >= 0.3 is 0 Å².